The van der Waals surface area contributed by atoms with Crippen molar-refractivity contribution >= 4 is 15.9 Å². The molecule has 0 radical (unpaired) electrons. The summed E-state index contributed by atoms with van der Waals surface area (Å²) in [5.41, 5.74) is 0. The van der Waals surface area contributed by atoms with Crippen molar-refractivity contribution in [3.8, 4) is 0 Å². The van der Waals surface area contributed by atoms with Crippen LogP contribution in [0.25, 0.3) is 0 Å². The number of hydrogen-bond donors (Lipinski definition) is 2. The Bertz CT molecular complexity index is 294. The summed E-state index contributed by atoms with van der Waals surface area (Å²) in [5, 5.41) is 3.02. The molecule has 0 spiro atoms. The van der Waals surface area contributed by atoms with Gasteiger partial charge in [0.2, 0.25) is 15.9 Å². The molecule has 0 aromatic heterocycles. The summed E-state index contributed by atoms with van der Waals surface area (Å²) in [4.78, 5) is 11.4. The Hall–Kier alpha value is -0.620. The van der Waals surface area contributed by atoms with E-state index in [2.05, 4.69) is 10.0 Å². The van der Waals surface area contributed by atoms with Crippen molar-refractivity contribution in [2.45, 2.75) is 19.8 Å². The SMILES string of the molecule is CCCS(=O)(=O)NC(=O)C1CCNC1. The van der Waals surface area contributed by atoms with Gasteiger partial charge in [0.15, 0.2) is 0 Å². The first kappa shape index (κ1) is 11.5. The lowest BCUT2D eigenvalue weighted by atomic mass is 10.1. The Kier molecular flexibility index (Phi) is 3.88. The summed E-state index contributed by atoms with van der Waals surface area (Å²) in [6.07, 6.45) is 1.24. The standard InChI is InChI=1S/C8H16N2O3S/c1-2-5-14(12,13)10-8(11)7-3-4-9-6-7/h7,9H,2-6H2,1H3,(H,10,11). The van der Waals surface area contributed by atoms with Gasteiger partial charge in [0.05, 0.1) is 11.7 Å². The topological polar surface area (TPSA) is 75.3 Å². The van der Waals surface area contributed by atoms with Gasteiger partial charge in [-0.15, -0.1) is 0 Å². The predicted molar refractivity (Wildman–Crippen MR) is 53.2 cm³/mol. The van der Waals surface area contributed by atoms with Crippen LogP contribution in [-0.4, -0.2) is 33.2 Å². The van der Waals surface area contributed by atoms with Gasteiger partial charge in [-0.05, 0) is 19.4 Å². The molecule has 1 saturated heterocycles. The summed E-state index contributed by atoms with van der Waals surface area (Å²) in [6, 6.07) is 0. The van der Waals surface area contributed by atoms with Crippen LogP contribution in [0, 0.1) is 5.92 Å². The van der Waals surface area contributed by atoms with E-state index in [0.29, 0.717) is 19.4 Å². The van der Waals surface area contributed by atoms with Gasteiger partial charge in [-0.25, -0.2) is 8.42 Å². The first-order chi connectivity index (χ1) is 6.55. The largest absolute Gasteiger partial charge is 0.316 e. The lowest BCUT2D eigenvalue weighted by molar-refractivity contribution is -0.122. The summed E-state index contributed by atoms with van der Waals surface area (Å²) >= 11 is 0. The van der Waals surface area contributed by atoms with Crippen molar-refractivity contribution in [1.82, 2.24) is 10.0 Å². The molecule has 1 unspecified atom stereocenters. The second-order valence-electron chi connectivity index (χ2n) is 3.47. The van der Waals surface area contributed by atoms with Crippen LogP contribution in [-0.2, 0) is 14.8 Å². The minimum Gasteiger partial charge on any atom is -0.316 e. The molecule has 0 aromatic rings. The van der Waals surface area contributed by atoms with Crippen molar-refractivity contribution in [2.75, 3.05) is 18.8 Å². The van der Waals surface area contributed by atoms with E-state index in [1.54, 1.807) is 6.92 Å². The summed E-state index contributed by atoms with van der Waals surface area (Å²) in [6.45, 7) is 3.13. The van der Waals surface area contributed by atoms with Crippen molar-refractivity contribution in [3.63, 3.8) is 0 Å². The highest BCUT2D eigenvalue weighted by atomic mass is 32.2. The molecule has 0 saturated carbocycles. The molecular formula is C8H16N2O3S. The van der Waals surface area contributed by atoms with Crippen LogP contribution >= 0.6 is 0 Å². The number of carbonyl (C=O) groups is 1. The Morgan fingerprint density at radius 3 is 2.79 bits per heavy atom. The number of rotatable bonds is 4. The van der Waals surface area contributed by atoms with E-state index < -0.39 is 10.0 Å². The van der Waals surface area contributed by atoms with E-state index in [1.165, 1.54) is 0 Å². The summed E-state index contributed by atoms with van der Waals surface area (Å²) in [7, 11) is -3.40. The number of hydrogen-bond acceptors (Lipinski definition) is 4. The second-order valence-corrected chi connectivity index (χ2v) is 5.32. The van der Waals surface area contributed by atoms with E-state index in [-0.39, 0.29) is 17.6 Å². The third kappa shape index (κ3) is 3.26. The minimum atomic E-state index is -3.40. The van der Waals surface area contributed by atoms with Gasteiger partial charge in [0.25, 0.3) is 0 Å². The fraction of sp³-hybridized carbons (Fsp3) is 0.875. The minimum absolute atomic E-state index is 0.0128. The van der Waals surface area contributed by atoms with Gasteiger partial charge in [0.1, 0.15) is 0 Å². The molecule has 1 atom stereocenters. The third-order valence-electron chi connectivity index (χ3n) is 2.16. The second kappa shape index (κ2) is 4.75. The zero-order chi connectivity index (χ0) is 10.6. The van der Waals surface area contributed by atoms with Gasteiger partial charge in [-0.1, -0.05) is 6.92 Å². The maximum absolute atomic E-state index is 11.4. The Labute approximate surface area is 84.3 Å². The van der Waals surface area contributed by atoms with E-state index in [9.17, 15) is 13.2 Å². The van der Waals surface area contributed by atoms with E-state index >= 15 is 0 Å². The number of nitrogens with one attached hydrogen (secondary N) is 2. The molecule has 6 heteroatoms. The summed E-state index contributed by atoms with van der Waals surface area (Å²) < 4.78 is 24.6. The quantitative estimate of drug-likeness (QED) is 0.666. The monoisotopic (exact) mass is 220 g/mol. The van der Waals surface area contributed by atoms with Gasteiger partial charge in [0, 0.05) is 6.54 Å². The van der Waals surface area contributed by atoms with Gasteiger partial charge >= 0.3 is 0 Å². The van der Waals surface area contributed by atoms with Gasteiger partial charge in [-0.3, -0.25) is 9.52 Å². The fourth-order valence-corrected chi connectivity index (χ4v) is 2.55. The highest BCUT2D eigenvalue weighted by molar-refractivity contribution is 7.90. The van der Waals surface area contributed by atoms with Crippen LogP contribution in [0.2, 0.25) is 0 Å². The highest BCUT2D eigenvalue weighted by Gasteiger charge is 2.25. The molecule has 1 fully saturated rings. The third-order valence-corrected chi connectivity index (χ3v) is 3.62. The maximum atomic E-state index is 11.4. The predicted octanol–water partition coefficient (Wildman–Crippen LogP) is -0.548. The van der Waals surface area contributed by atoms with E-state index in [4.69, 9.17) is 0 Å². The van der Waals surface area contributed by atoms with Crippen molar-refractivity contribution in [2.24, 2.45) is 5.92 Å². The first-order valence-corrected chi connectivity index (χ1v) is 6.45. The van der Waals surface area contributed by atoms with Crippen LogP contribution in [0.15, 0.2) is 0 Å². The van der Waals surface area contributed by atoms with Crippen LogP contribution in [0.1, 0.15) is 19.8 Å². The van der Waals surface area contributed by atoms with E-state index in [1.807, 2.05) is 0 Å². The zero-order valence-corrected chi connectivity index (χ0v) is 9.06. The molecule has 1 aliphatic heterocycles. The normalized spacial score (nSPS) is 22.2. The summed E-state index contributed by atoms with van der Waals surface area (Å²) in [5.74, 6) is -0.552. The van der Waals surface area contributed by atoms with Crippen molar-refractivity contribution in [3.05, 3.63) is 0 Å². The molecule has 14 heavy (non-hydrogen) atoms. The van der Waals surface area contributed by atoms with Crippen LogP contribution in [0.3, 0.4) is 0 Å². The van der Waals surface area contributed by atoms with Crippen LogP contribution in [0.4, 0.5) is 0 Å². The number of amides is 1. The molecular weight excluding hydrogens is 204 g/mol. The average Bonchev–Trinajstić information content (AvgIpc) is 2.53. The molecule has 1 heterocycles. The maximum Gasteiger partial charge on any atom is 0.237 e. The van der Waals surface area contributed by atoms with Crippen molar-refractivity contribution in [1.29, 1.82) is 0 Å². The zero-order valence-electron chi connectivity index (χ0n) is 8.25. The lowest BCUT2D eigenvalue weighted by Crippen LogP contribution is -2.37. The lowest BCUT2D eigenvalue weighted by Gasteiger charge is -2.09. The van der Waals surface area contributed by atoms with Gasteiger partial charge in [-0.2, -0.15) is 0 Å². The molecule has 0 aromatic carbocycles. The Balaban J connectivity index is 2.47. The smallest absolute Gasteiger partial charge is 0.237 e. The molecule has 0 aliphatic carbocycles. The van der Waals surface area contributed by atoms with E-state index in [0.717, 1.165) is 6.54 Å². The molecule has 5 nitrogen and oxygen atoms in total. The Morgan fingerprint density at radius 2 is 2.29 bits per heavy atom. The number of carbonyl (C=O) groups excluding carboxylic acids is 1. The molecule has 2 N–H and O–H groups in total. The first-order valence-electron chi connectivity index (χ1n) is 4.80. The average molecular weight is 220 g/mol. The highest BCUT2D eigenvalue weighted by Crippen LogP contribution is 2.07. The molecule has 82 valence electrons. The van der Waals surface area contributed by atoms with Gasteiger partial charge < -0.3 is 5.32 Å². The molecule has 1 rings (SSSR count). The Morgan fingerprint density at radius 1 is 1.57 bits per heavy atom. The molecule has 1 aliphatic rings. The molecule has 1 amide bonds. The van der Waals surface area contributed by atoms with Crippen LogP contribution in [0.5, 0.6) is 0 Å². The molecule has 0 bridgehead atoms. The number of sulfonamides is 1. The van der Waals surface area contributed by atoms with Crippen LogP contribution < -0.4 is 10.0 Å². The fourth-order valence-electron chi connectivity index (χ4n) is 1.43. The van der Waals surface area contributed by atoms with Crippen molar-refractivity contribution < 1.29 is 13.2 Å².